The van der Waals surface area contributed by atoms with E-state index in [1.54, 1.807) is 14.0 Å². The lowest BCUT2D eigenvalue weighted by Gasteiger charge is -2.38. The van der Waals surface area contributed by atoms with Gasteiger partial charge in [-0.1, -0.05) is 24.3 Å². The zero-order valence-corrected chi connectivity index (χ0v) is 12.6. The maximum absolute atomic E-state index is 11.7. The third-order valence-electron chi connectivity index (χ3n) is 3.54. The zero-order valence-electron chi connectivity index (χ0n) is 11.8. The monoisotopic (exact) mass is 297 g/mol. The quantitative estimate of drug-likeness (QED) is 0.844. The molecule has 0 radical (unpaired) electrons. The van der Waals surface area contributed by atoms with Crippen molar-refractivity contribution in [3.8, 4) is 0 Å². The molecule has 1 aromatic carbocycles. The van der Waals surface area contributed by atoms with Crippen LogP contribution in [0.5, 0.6) is 0 Å². The second-order valence-electron chi connectivity index (χ2n) is 5.02. The summed E-state index contributed by atoms with van der Waals surface area (Å²) in [4.78, 5) is 11.7. The van der Waals surface area contributed by atoms with Crippen LogP contribution in [0.2, 0.25) is 0 Å². The lowest BCUT2D eigenvalue weighted by atomic mass is 9.86. The van der Waals surface area contributed by atoms with Crippen LogP contribution in [0.1, 0.15) is 18.1 Å². The maximum Gasteiger partial charge on any atom is 0.237 e. The van der Waals surface area contributed by atoms with E-state index in [0.717, 1.165) is 12.0 Å². The number of carbonyl (C=O) groups excluding carboxylic acids is 1. The highest BCUT2D eigenvalue weighted by atomic mass is 35.5. The van der Waals surface area contributed by atoms with Gasteiger partial charge in [-0.2, -0.15) is 0 Å². The van der Waals surface area contributed by atoms with Crippen LogP contribution in [0.4, 0.5) is 0 Å². The first-order valence-corrected chi connectivity index (χ1v) is 7.16. The summed E-state index contributed by atoms with van der Waals surface area (Å²) in [7, 11) is 1.63. The van der Waals surface area contributed by atoms with Gasteiger partial charge >= 0.3 is 0 Å². The average Bonchev–Trinajstić information content (AvgIpc) is 2.45. The number of methoxy groups -OCH3 is 1. The summed E-state index contributed by atoms with van der Waals surface area (Å²) in [6.45, 7) is 3.01. The van der Waals surface area contributed by atoms with Crippen molar-refractivity contribution in [2.75, 3.05) is 26.9 Å². The number of hydrogen-bond acceptors (Lipinski definition) is 3. The third kappa shape index (κ3) is 3.14. The van der Waals surface area contributed by atoms with Gasteiger partial charge in [0.1, 0.15) is 11.0 Å². The summed E-state index contributed by atoms with van der Waals surface area (Å²) in [6, 6.07) is 8.11. The average molecular weight is 298 g/mol. The number of rotatable bonds is 5. The minimum absolute atomic E-state index is 0.200. The maximum atomic E-state index is 11.7. The third-order valence-corrected chi connectivity index (χ3v) is 3.74. The summed E-state index contributed by atoms with van der Waals surface area (Å²) < 4.78 is 11.3. The SMILES string of the molecule is COCC1(CNC(=O)C(C)Cl)OCCc2ccccc21. The fraction of sp³-hybridized carbons (Fsp3) is 0.533. The molecule has 5 heteroatoms. The minimum Gasteiger partial charge on any atom is -0.381 e. The molecule has 0 aliphatic carbocycles. The summed E-state index contributed by atoms with van der Waals surface area (Å²) in [6.07, 6.45) is 0.876. The standard InChI is InChI=1S/C15H20ClNO3/c1-11(16)14(18)17-9-15(10-19-2)13-6-4-3-5-12(13)7-8-20-15/h3-6,11H,7-10H2,1-2H3,(H,17,18). The number of alkyl halides is 1. The van der Waals surface area contributed by atoms with Crippen LogP contribution in [0.15, 0.2) is 24.3 Å². The first-order chi connectivity index (χ1) is 9.59. The topological polar surface area (TPSA) is 47.6 Å². The van der Waals surface area contributed by atoms with Crippen LogP contribution in [0.3, 0.4) is 0 Å². The number of ether oxygens (including phenoxy) is 2. The largest absolute Gasteiger partial charge is 0.381 e. The predicted octanol–water partition coefficient (Wildman–Crippen LogP) is 1.84. The fourth-order valence-corrected chi connectivity index (χ4v) is 2.61. The molecule has 1 aliphatic heterocycles. The van der Waals surface area contributed by atoms with Crippen LogP contribution in [0.25, 0.3) is 0 Å². The number of amides is 1. The van der Waals surface area contributed by atoms with Gasteiger partial charge < -0.3 is 14.8 Å². The Balaban J connectivity index is 2.24. The molecule has 2 atom stereocenters. The molecular weight excluding hydrogens is 278 g/mol. The Labute approximate surface area is 124 Å². The Kier molecular flexibility index (Phi) is 5.02. The molecule has 0 bridgehead atoms. The molecule has 2 unspecified atom stereocenters. The molecule has 0 aromatic heterocycles. The van der Waals surface area contributed by atoms with E-state index in [0.29, 0.717) is 19.8 Å². The molecule has 1 aromatic rings. The van der Waals surface area contributed by atoms with Crippen molar-refractivity contribution in [1.82, 2.24) is 5.32 Å². The van der Waals surface area contributed by atoms with Gasteiger partial charge in [0.15, 0.2) is 0 Å². The summed E-state index contributed by atoms with van der Waals surface area (Å²) >= 11 is 5.78. The molecule has 0 fully saturated rings. The summed E-state index contributed by atoms with van der Waals surface area (Å²) in [5.74, 6) is -0.200. The van der Waals surface area contributed by atoms with Gasteiger partial charge in [0.05, 0.1) is 19.8 Å². The molecular formula is C15H20ClNO3. The van der Waals surface area contributed by atoms with Crippen LogP contribution < -0.4 is 5.32 Å². The van der Waals surface area contributed by atoms with Crippen molar-refractivity contribution in [3.63, 3.8) is 0 Å². The molecule has 0 saturated carbocycles. The molecule has 0 spiro atoms. The van der Waals surface area contributed by atoms with E-state index in [1.807, 2.05) is 18.2 Å². The zero-order chi connectivity index (χ0) is 14.6. The smallest absolute Gasteiger partial charge is 0.237 e. The van der Waals surface area contributed by atoms with Gasteiger partial charge in [0, 0.05) is 7.11 Å². The van der Waals surface area contributed by atoms with Gasteiger partial charge in [-0.25, -0.2) is 0 Å². The molecule has 1 amide bonds. The number of nitrogens with one attached hydrogen (secondary N) is 1. The number of benzene rings is 1. The highest BCUT2D eigenvalue weighted by Gasteiger charge is 2.38. The van der Waals surface area contributed by atoms with E-state index in [9.17, 15) is 4.79 Å². The van der Waals surface area contributed by atoms with E-state index in [-0.39, 0.29) is 5.91 Å². The fourth-order valence-electron chi connectivity index (χ4n) is 2.54. The molecule has 4 nitrogen and oxygen atoms in total. The van der Waals surface area contributed by atoms with E-state index in [1.165, 1.54) is 5.56 Å². The lowest BCUT2D eigenvalue weighted by molar-refractivity contribution is -0.127. The highest BCUT2D eigenvalue weighted by Crippen LogP contribution is 2.33. The summed E-state index contributed by atoms with van der Waals surface area (Å²) in [5.41, 5.74) is 1.69. The second-order valence-corrected chi connectivity index (χ2v) is 5.67. The molecule has 1 aliphatic rings. The molecule has 20 heavy (non-hydrogen) atoms. The van der Waals surface area contributed by atoms with Gasteiger partial charge in [-0.15, -0.1) is 11.6 Å². The van der Waals surface area contributed by atoms with Gasteiger partial charge in [0.2, 0.25) is 5.91 Å². The van der Waals surface area contributed by atoms with Crippen molar-refractivity contribution in [1.29, 1.82) is 0 Å². The second kappa shape index (κ2) is 6.57. The first kappa shape index (κ1) is 15.3. The first-order valence-electron chi connectivity index (χ1n) is 6.72. The normalized spacial score (nSPS) is 22.9. The van der Waals surface area contributed by atoms with E-state index in [2.05, 4.69) is 11.4 Å². The Morgan fingerprint density at radius 2 is 2.30 bits per heavy atom. The number of carbonyl (C=O) groups is 1. The van der Waals surface area contributed by atoms with E-state index in [4.69, 9.17) is 21.1 Å². The molecule has 110 valence electrons. The number of fused-ring (bicyclic) bond motifs is 1. The van der Waals surface area contributed by atoms with Gasteiger partial charge in [-0.05, 0) is 24.5 Å². The van der Waals surface area contributed by atoms with Crippen LogP contribution >= 0.6 is 11.6 Å². The number of halogens is 1. The van der Waals surface area contributed by atoms with E-state index >= 15 is 0 Å². The van der Waals surface area contributed by atoms with E-state index < -0.39 is 11.0 Å². The minimum atomic E-state index is -0.634. The van der Waals surface area contributed by atoms with Gasteiger partial charge in [0.25, 0.3) is 0 Å². The Morgan fingerprint density at radius 3 is 3.00 bits per heavy atom. The van der Waals surface area contributed by atoms with Crippen molar-refractivity contribution in [3.05, 3.63) is 35.4 Å². The van der Waals surface area contributed by atoms with Crippen molar-refractivity contribution in [2.45, 2.75) is 24.3 Å². The molecule has 0 saturated heterocycles. The Morgan fingerprint density at radius 1 is 1.55 bits per heavy atom. The van der Waals surface area contributed by atoms with Crippen molar-refractivity contribution >= 4 is 17.5 Å². The van der Waals surface area contributed by atoms with Crippen LogP contribution in [-0.2, 0) is 26.3 Å². The predicted molar refractivity (Wildman–Crippen MR) is 78.0 cm³/mol. The molecule has 2 rings (SSSR count). The van der Waals surface area contributed by atoms with Crippen LogP contribution in [-0.4, -0.2) is 38.2 Å². The number of hydrogen-bond donors (Lipinski definition) is 1. The van der Waals surface area contributed by atoms with Crippen molar-refractivity contribution < 1.29 is 14.3 Å². The Hall–Kier alpha value is -1.10. The van der Waals surface area contributed by atoms with Gasteiger partial charge in [-0.3, -0.25) is 4.79 Å². The molecule has 1 N–H and O–H groups in total. The Bertz CT molecular complexity index is 478. The highest BCUT2D eigenvalue weighted by molar-refractivity contribution is 6.30. The molecule has 1 heterocycles. The lowest BCUT2D eigenvalue weighted by Crippen LogP contribution is -2.49. The van der Waals surface area contributed by atoms with Crippen LogP contribution in [0, 0.1) is 0 Å². The summed E-state index contributed by atoms with van der Waals surface area (Å²) in [5, 5.41) is 2.28. The van der Waals surface area contributed by atoms with Crippen molar-refractivity contribution in [2.24, 2.45) is 0 Å².